The number of nitrogens with two attached hydrogens (primary N) is 1. The Morgan fingerprint density at radius 1 is 1.55 bits per heavy atom. The number of hydrazine groups is 1. The van der Waals surface area contributed by atoms with Crippen LogP contribution in [0.2, 0.25) is 0 Å². The molecular weight excluding hydrogens is 142 g/mol. The predicted octanol–water partition coefficient (Wildman–Crippen LogP) is 0.243. The van der Waals surface area contributed by atoms with Gasteiger partial charge in [0.1, 0.15) is 0 Å². The fourth-order valence-electron chi connectivity index (χ4n) is 0.913. The molecule has 0 amide bonds. The van der Waals surface area contributed by atoms with Gasteiger partial charge < -0.3 is 4.98 Å². The highest BCUT2D eigenvalue weighted by molar-refractivity contribution is 5.74. The minimum absolute atomic E-state index is 0.428. The highest BCUT2D eigenvalue weighted by Crippen LogP contribution is 2.08. The molecule has 0 saturated carbocycles. The first kappa shape index (κ1) is 6.11. The third-order valence-corrected chi connectivity index (χ3v) is 1.43. The summed E-state index contributed by atoms with van der Waals surface area (Å²) in [5.74, 6) is 5.55. The Bertz CT molecular complexity index is 366. The molecule has 0 fully saturated rings. The Labute approximate surface area is 62.6 Å². The van der Waals surface area contributed by atoms with Crippen LogP contribution in [0.1, 0.15) is 0 Å². The van der Waals surface area contributed by atoms with Crippen LogP contribution >= 0.6 is 0 Å². The molecule has 2 rings (SSSR count). The van der Waals surface area contributed by atoms with E-state index < -0.39 is 0 Å². The molecule has 0 aliphatic carbocycles. The first-order valence-electron chi connectivity index (χ1n) is 3.17. The molecule has 5 nitrogen and oxygen atoms in total. The van der Waals surface area contributed by atoms with Crippen molar-refractivity contribution in [1.82, 2.24) is 15.0 Å². The Balaban J connectivity index is 2.67. The number of aromatic amines is 1. The van der Waals surface area contributed by atoms with Crippen LogP contribution in [0.4, 0.5) is 5.95 Å². The van der Waals surface area contributed by atoms with Gasteiger partial charge in [0.15, 0.2) is 0 Å². The van der Waals surface area contributed by atoms with Gasteiger partial charge in [-0.2, -0.15) is 0 Å². The third-order valence-electron chi connectivity index (χ3n) is 1.43. The van der Waals surface area contributed by atoms with Crippen molar-refractivity contribution >= 4 is 17.0 Å². The second-order valence-electron chi connectivity index (χ2n) is 2.11. The summed E-state index contributed by atoms with van der Waals surface area (Å²) in [5, 5.41) is 0. The van der Waals surface area contributed by atoms with Gasteiger partial charge >= 0.3 is 0 Å². The second kappa shape index (κ2) is 2.21. The third kappa shape index (κ3) is 0.908. The lowest BCUT2D eigenvalue weighted by molar-refractivity contribution is 1.15. The SMILES string of the molecule is NNc1ncc2[nH]ccc2n1. The van der Waals surface area contributed by atoms with Gasteiger partial charge in [-0.3, -0.25) is 5.43 Å². The minimum Gasteiger partial charge on any atom is -0.359 e. The average molecular weight is 149 g/mol. The summed E-state index contributed by atoms with van der Waals surface area (Å²) < 4.78 is 0. The zero-order valence-corrected chi connectivity index (χ0v) is 5.70. The zero-order chi connectivity index (χ0) is 7.68. The molecule has 0 radical (unpaired) electrons. The van der Waals surface area contributed by atoms with Gasteiger partial charge in [0.25, 0.3) is 0 Å². The standard InChI is InChI=1S/C6H7N5/c7-11-6-9-3-5-4(10-6)1-2-8-5/h1-3,8H,7H2,(H,9,10,11). The quantitative estimate of drug-likeness (QED) is 0.401. The second-order valence-corrected chi connectivity index (χ2v) is 2.11. The lowest BCUT2D eigenvalue weighted by Gasteiger charge is -1.95. The summed E-state index contributed by atoms with van der Waals surface area (Å²) in [4.78, 5) is 11.0. The average Bonchev–Trinajstić information content (AvgIpc) is 2.50. The van der Waals surface area contributed by atoms with Crippen molar-refractivity contribution in [3.63, 3.8) is 0 Å². The van der Waals surface area contributed by atoms with Crippen LogP contribution in [-0.2, 0) is 0 Å². The molecule has 2 aromatic rings. The van der Waals surface area contributed by atoms with E-state index in [9.17, 15) is 0 Å². The maximum absolute atomic E-state index is 5.12. The number of fused-ring (bicyclic) bond motifs is 1. The van der Waals surface area contributed by atoms with Crippen LogP contribution in [-0.4, -0.2) is 15.0 Å². The highest BCUT2D eigenvalue weighted by atomic mass is 15.3. The molecule has 11 heavy (non-hydrogen) atoms. The van der Waals surface area contributed by atoms with Crippen molar-refractivity contribution < 1.29 is 0 Å². The summed E-state index contributed by atoms with van der Waals surface area (Å²) >= 11 is 0. The van der Waals surface area contributed by atoms with Crippen molar-refractivity contribution in [2.75, 3.05) is 5.43 Å². The van der Waals surface area contributed by atoms with E-state index in [0.717, 1.165) is 11.0 Å². The summed E-state index contributed by atoms with van der Waals surface area (Å²) in [7, 11) is 0. The number of hydrogen-bond acceptors (Lipinski definition) is 4. The molecule has 0 aromatic carbocycles. The van der Waals surface area contributed by atoms with Gasteiger partial charge in [-0.05, 0) is 6.07 Å². The fraction of sp³-hybridized carbons (Fsp3) is 0. The number of nitrogens with zero attached hydrogens (tertiary/aromatic N) is 2. The fourth-order valence-corrected chi connectivity index (χ4v) is 0.913. The van der Waals surface area contributed by atoms with Crippen molar-refractivity contribution in [3.05, 3.63) is 18.5 Å². The normalized spacial score (nSPS) is 10.3. The predicted molar refractivity (Wildman–Crippen MR) is 41.7 cm³/mol. The molecule has 0 spiro atoms. The largest absolute Gasteiger partial charge is 0.359 e. The summed E-state index contributed by atoms with van der Waals surface area (Å²) in [6, 6.07) is 1.86. The number of nitrogen functional groups attached to an aromatic ring is 1. The Hall–Kier alpha value is -1.62. The van der Waals surface area contributed by atoms with E-state index in [-0.39, 0.29) is 0 Å². The minimum atomic E-state index is 0.428. The molecule has 2 aromatic heterocycles. The van der Waals surface area contributed by atoms with E-state index >= 15 is 0 Å². The lowest BCUT2D eigenvalue weighted by Crippen LogP contribution is -2.09. The molecular formula is C6H7N5. The number of aromatic nitrogens is 3. The molecule has 4 N–H and O–H groups in total. The van der Waals surface area contributed by atoms with Gasteiger partial charge in [0.05, 0.1) is 17.2 Å². The summed E-state index contributed by atoms with van der Waals surface area (Å²) in [6.07, 6.45) is 3.48. The summed E-state index contributed by atoms with van der Waals surface area (Å²) in [5.41, 5.74) is 4.13. The van der Waals surface area contributed by atoms with Gasteiger partial charge in [0.2, 0.25) is 5.95 Å². The Morgan fingerprint density at radius 2 is 2.45 bits per heavy atom. The van der Waals surface area contributed by atoms with Crippen LogP contribution < -0.4 is 11.3 Å². The molecule has 5 heteroatoms. The first-order chi connectivity index (χ1) is 5.40. The van der Waals surface area contributed by atoms with E-state index in [0.29, 0.717) is 5.95 Å². The van der Waals surface area contributed by atoms with E-state index in [1.165, 1.54) is 0 Å². The van der Waals surface area contributed by atoms with E-state index in [1.54, 1.807) is 12.4 Å². The maximum Gasteiger partial charge on any atom is 0.237 e. The number of hydrogen-bond donors (Lipinski definition) is 3. The molecule has 0 saturated heterocycles. The van der Waals surface area contributed by atoms with Crippen LogP contribution in [0.25, 0.3) is 11.0 Å². The Kier molecular flexibility index (Phi) is 1.23. The number of anilines is 1. The van der Waals surface area contributed by atoms with E-state index in [1.807, 2.05) is 6.07 Å². The van der Waals surface area contributed by atoms with E-state index in [2.05, 4.69) is 20.4 Å². The van der Waals surface area contributed by atoms with Gasteiger partial charge in [-0.1, -0.05) is 0 Å². The molecule has 56 valence electrons. The monoisotopic (exact) mass is 149 g/mol. The van der Waals surface area contributed by atoms with Gasteiger partial charge in [0, 0.05) is 6.20 Å². The van der Waals surface area contributed by atoms with Crippen LogP contribution in [0.5, 0.6) is 0 Å². The lowest BCUT2D eigenvalue weighted by atomic mass is 10.5. The molecule has 0 aliphatic rings. The molecule has 2 heterocycles. The first-order valence-corrected chi connectivity index (χ1v) is 3.17. The van der Waals surface area contributed by atoms with Gasteiger partial charge in [-0.25, -0.2) is 15.8 Å². The smallest absolute Gasteiger partial charge is 0.237 e. The number of H-pyrrole nitrogens is 1. The van der Waals surface area contributed by atoms with Crippen molar-refractivity contribution in [2.24, 2.45) is 5.84 Å². The highest BCUT2D eigenvalue weighted by Gasteiger charge is 1.96. The van der Waals surface area contributed by atoms with Crippen molar-refractivity contribution in [1.29, 1.82) is 0 Å². The zero-order valence-electron chi connectivity index (χ0n) is 5.70. The van der Waals surface area contributed by atoms with Crippen molar-refractivity contribution in [2.45, 2.75) is 0 Å². The van der Waals surface area contributed by atoms with Gasteiger partial charge in [-0.15, -0.1) is 0 Å². The molecule has 0 atom stereocenters. The molecule has 0 aliphatic heterocycles. The van der Waals surface area contributed by atoms with Crippen LogP contribution in [0.3, 0.4) is 0 Å². The van der Waals surface area contributed by atoms with Crippen LogP contribution in [0, 0.1) is 0 Å². The maximum atomic E-state index is 5.12. The van der Waals surface area contributed by atoms with Crippen molar-refractivity contribution in [3.8, 4) is 0 Å². The van der Waals surface area contributed by atoms with Crippen LogP contribution in [0.15, 0.2) is 18.5 Å². The molecule has 0 unspecified atom stereocenters. The number of nitrogens with one attached hydrogen (secondary N) is 2. The summed E-state index contributed by atoms with van der Waals surface area (Å²) in [6.45, 7) is 0. The van der Waals surface area contributed by atoms with E-state index in [4.69, 9.17) is 5.84 Å². The number of rotatable bonds is 1. The topological polar surface area (TPSA) is 79.6 Å². The molecule has 0 bridgehead atoms. The Morgan fingerprint density at radius 3 is 3.27 bits per heavy atom.